The van der Waals surface area contributed by atoms with Gasteiger partial charge in [0.2, 0.25) is 0 Å². The van der Waals surface area contributed by atoms with Gasteiger partial charge in [-0.05, 0) is 87.5 Å². The fourth-order valence-electron chi connectivity index (χ4n) is 6.37. The highest BCUT2D eigenvalue weighted by atomic mass is 19.4. The van der Waals surface area contributed by atoms with Gasteiger partial charge in [-0.25, -0.2) is 14.8 Å². The number of piperidine rings is 1. The molecule has 2 aromatic carbocycles. The summed E-state index contributed by atoms with van der Waals surface area (Å²) in [6, 6.07) is 15.1. The number of carboxylic acids is 1. The molecule has 0 bridgehead atoms. The number of halogens is 3. The summed E-state index contributed by atoms with van der Waals surface area (Å²) in [4.78, 5) is 34.7. The van der Waals surface area contributed by atoms with Crippen LogP contribution in [0.1, 0.15) is 98.1 Å². The van der Waals surface area contributed by atoms with Crippen molar-refractivity contribution in [2.45, 2.75) is 95.2 Å². The van der Waals surface area contributed by atoms with Crippen LogP contribution in [-0.2, 0) is 40.4 Å². The zero-order valence-electron chi connectivity index (χ0n) is 26.0. The predicted molar refractivity (Wildman–Crippen MR) is 163 cm³/mol. The molecule has 1 aliphatic carbocycles. The van der Waals surface area contributed by atoms with Gasteiger partial charge in [0.25, 0.3) is 0 Å². The second kappa shape index (κ2) is 12.8. The van der Waals surface area contributed by atoms with E-state index in [4.69, 9.17) is 4.74 Å². The Morgan fingerprint density at radius 2 is 1.67 bits per heavy atom. The summed E-state index contributed by atoms with van der Waals surface area (Å²) in [5, 5.41) is 9.94. The van der Waals surface area contributed by atoms with Crippen LogP contribution in [0.4, 0.5) is 18.0 Å². The van der Waals surface area contributed by atoms with Crippen LogP contribution in [0, 0.1) is 0 Å². The van der Waals surface area contributed by atoms with Gasteiger partial charge in [-0.2, -0.15) is 13.2 Å². The molecule has 7 nitrogen and oxygen atoms in total. The standard InChI is InChI=1S/C35H40F3N3O4/c1-33(2,3)45-32(44)41-19-15-25(16-20-41)24-11-9-23(10-12-24)21-30-39-22-28(35(36,37)38)29(40-30)14-13-26-7-4-5-8-27(26)34(31(42)43)17-6-18-34/h4-5,7-12,22,25H,6,13-21H2,1-3H3,(H,42,43). The molecule has 2 fully saturated rings. The highest BCUT2D eigenvalue weighted by Gasteiger charge is 2.47. The van der Waals surface area contributed by atoms with E-state index in [0.717, 1.165) is 42.1 Å². The average molecular weight is 624 g/mol. The summed E-state index contributed by atoms with van der Waals surface area (Å²) in [6.45, 7) is 6.79. The molecule has 1 saturated heterocycles. The number of carbonyl (C=O) groups is 2. The van der Waals surface area contributed by atoms with Crippen molar-refractivity contribution in [3.8, 4) is 0 Å². The van der Waals surface area contributed by atoms with Crippen molar-refractivity contribution in [2.75, 3.05) is 13.1 Å². The van der Waals surface area contributed by atoms with Crippen LogP contribution >= 0.6 is 0 Å². The molecule has 1 N–H and O–H groups in total. The van der Waals surface area contributed by atoms with Crippen LogP contribution in [-0.4, -0.2) is 50.7 Å². The van der Waals surface area contributed by atoms with Crippen molar-refractivity contribution in [1.29, 1.82) is 0 Å². The van der Waals surface area contributed by atoms with Crippen molar-refractivity contribution in [1.82, 2.24) is 14.9 Å². The summed E-state index contributed by atoms with van der Waals surface area (Å²) in [5.41, 5.74) is 0.995. The number of carboxylic acid groups (broad SMARTS) is 1. The summed E-state index contributed by atoms with van der Waals surface area (Å²) >= 11 is 0. The molecule has 0 radical (unpaired) electrons. The Balaban J connectivity index is 1.26. The maximum absolute atomic E-state index is 13.9. The lowest BCUT2D eigenvalue weighted by molar-refractivity contribution is -0.147. The largest absolute Gasteiger partial charge is 0.481 e. The van der Waals surface area contributed by atoms with Crippen LogP contribution in [0.25, 0.3) is 0 Å². The van der Waals surface area contributed by atoms with Crippen molar-refractivity contribution < 1.29 is 32.6 Å². The third-order valence-corrected chi connectivity index (χ3v) is 8.96. The molecule has 2 heterocycles. The molecule has 1 amide bonds. The number of likely N-dealkylation sites (tertiary alicyclic amines) is 1. The lowest BCUT2D eigenvalue weighted by Gasteiger charge is -2.39. The van der Waals surface area contributed by atoms with E-state index in [1.807, 2.05) is 45.0 Å². The first kappa shape index (κ1) is 32.4. The molecule has 240 valence electrons. The normalized spacial score (nSPS) is 17.1. The van der Waals surface area contributed by atoms with Gasteiger partial charge in [0.1, 0.15) is 11.4 Å². The number of hydrogen-bond acceptors (Lipinski definition) is 5. The van der Waals surface area contributed by atoms with E-state index < -0.39 is 28.7 Å². The van der Waals surface area contributed by atoms with Crippen molar-refractivity contribution in [2.24, 2.45) is 0 Å². The topological polar surface area (TPSA) is 92.6 Å². The monoisotopic (exact) mass is 623 g/mol. The number of aryl methyl sites for hydroxylation is 2. The maximum atomic E-state index is 13.9. The first-order chi connectivity index (χ1) is 21.2. The minimum atomic E-state index is -4.61. The Morgan fingerprint density at radius 3 is 2.24 bits per heavy atom. The number of rotatable bonds is 8. The molecule has 0 atom stereocenters. The summed E-state index contributed by atoms with van der Waals surface area (Å²) in [6.07, 6.45) is -0.0105. The molecule has 2 aliphatic rings. The van der Waals surface area contributed by atoms with Gasteiger partial charge in [0.15, 0.2) is 0 Å². The van der Waals surface area contributed by atoms with E-state index in [1.165, 1.54) is 0 Å². The van der Waals surface area contributed by atoms with Gasteiger partial charge < -0.3 is 14.7 Å². The number of ether oxygens (including phenoxy) is 1. The first-order valence-electron chi connectivity index (χ1n) is 15.6. The maximum Gasteiger partial charge on any atom is 0.419 e. The fourth-order valence-corrected chi connectivity index (χ4v) is 6.37. The van der Waals surface area contributed by atoms with E-state index in [0.29, 0.717) is 43.2 Å². The number of hydrogen-bond donors (Lipinski definition) is 1. The molecule has 45 heavy (non-hydrogen) atoms. The second-order valence-electron chi connectivity index (χ2n) is 13.2. The number of aliphatic carboxylic acids is 1. The fraction of sp³-hybridized carbons (Fsp3) is 0.486. The lowest BCUT2D eigenvalue weighted by Crippen LogP contribution is -2.43. The molecule has 3 aromatic rings. The van der Waals surface area contributed by atoms with E-state index in [-0.39, 0.29) is 31.0 Å². The Morgan fingerprint density at radius 1 is 1.00 bits per heavy atom. The van der Waals surface area contributed by atoms with Gasteiger partial charge in [0, 0.05) is 25.7 Å². The molecular formula is C35H40F3N3O4. The first-order valence-corrected chi connectivity index (χ1v) is 15.6. The average Bonchev–Trinajstić information content (AvgIpc) is 2.95. The third-order valence-electron chi connectivity index (χ3n) is 8.96. The number of amides is 1. The van der Waals surface area contributed by atoms with Crippen LogP contribution < -0.4 is 0 Å². The van der Waals surface area contributed by atoms with E-state index in [2.05, 4.69) is 9.97 Å². The van der Waals surface area contributed by atoms with Gasteiger partial charge in [-0.3, -0.25) is 4.79 Å². The van der Waals surface area contributed by atoms with Crippen LogP contribution in [0.5, 0.6) is 0 Å². The zero-order valence-corrected chi connectivity index (χ0v) is 26.0. The lowest BCUT2D eigenvalue weighted by atomic mass is 9.63. The Kier molecular flexibility index (Phi) is 9.23. The van der Waals surface area contributed by atoms with E-state index >= 15 is 0 Å². The molecule has 0 unspecified atom stereocenters. The molecule has 10 heteroatoms. The zero-order chi connectivity index (χ0) is 32.4. The highest BCUT2D eigenvalue weighted by molar-refractivity contribution is 5.83. The molecule has 1 saturated carbocycles. The van der Waals surface area contributed by atoms with Gasteiger partial charge in [0.05, 0.1) is 16.7 Å². The minimum Gasteiger partial charge on any atom is -0.481 e. The van der Waals surface area contributed by atoms with Crippen molar-refractivity contribution >= 4 is 12.1 Å². The minimum absolute atomic E-state index is 0.0119. The van der Waals surface area contributed by atoms with E-state index in [9.17, 15) is 27.9 Å². The SMILES string of the molecule is CC(C)(C)OC(=O)N1CCC(c2ccc(Cc3ncc(C(F)(F)F)c(CCc4ccccc4C4(C(=O)O)CCC4)n3)cc2)CC1. The van der Waals surface area contributed by atoms with Crippen LogP contribution in [0.15, 0.2) is 54.7 Å². The Labute approximate surface area is 261 Å². The van der Waals surface area contributed by atoms with Crippen molar-refractivity contribution in [3.05, 3.63) is 94.1 Å². The Bertz CT molecular complexity index is 1520. The number of carbonyl (C=O) groups excluding carboxylic acids is 1. The summed E-state index contributed by atoms with van der Waals surface area (Å²) in [7, 11) is 0. The molecule has 0 spiro atoms. The van der Waals surface area contributed by atoms with Gasteiger partial charge in [-0.1, -0.05) is 55.0 Å². The summed E-state index contributed by atoms with van der Waals surface area (Å²) in [5.74, 6) is -0.292. The number of benzene rings is 2. The van der Waals surface area contributed by atoms with Crippen molar-refractivity contribution in [3.63, 3.8) is 0 Å². The van der Waals surface area contributed by atoms with E-state index in [1.54, 1.807) is 29.2 Å². The molecule has 1 aromatic heterocycles. The number of alkyl halides is 3. The quantitative estimate of drug-likeness (QED) is 0.280. The molecular weight excluding hydrogens is 583 g/mol. The highest BCUT2D eigenvalue weighted by Crippen LogP contribution is 2.45. The molecule has 5 rings (SSSR count). The predicted octanol–water partition coefficient (Wildman–Crippen LogP) is 7.49. The number of aromatic nitrogens is 2. The van der Waals surface area contributed by atoms with Gasteiger partial charge in [-0.15, -0.1) is 0 Å². The van der Waals surface area contributed by atoms with Crippen LogP contribution in [0.2, 0.25) is 0 Å². The smallest absolute Gasteiger partial charge is 0.419 e. The summed E-state index contributed by atoms with van der Waals surface area (Å²) < 4.78 is 47.3. The number of nitrogens with zero attached hydrogens (tertiary/aromatic N) is 3. The second-order valence-corrected chi connectivity index (χ2v) is 13.2. The van der Waals surface area contributed by atoms with Gasteiger partial charge >= 0.3 is 18.2 Å². The van der Waals surface area contributed by atoms with Crippen LogP contribution in [0.3, 0.4) is 0 Å². The third kappa shape index (κ3) is 7.48. The Hall–Kier alpha value is -3.95. The molecule has 1 aliphatic heterocycles.